The molecule has 0 spiro atoms. The lowest BCUT2D eigenvalue weighted by molar-refractivity contribution is 0.0796. The third kappa shape index (κ3) is 2.42. The van der Waals surface area contributed by atoms with Gasteiger partial charge in [-0.3, -0.25) is 4.68 Å². The maximum Gasteiger partial charge on any atom is 0.198 e. The quantitative estimate of drug-likeness (QED) is 0.852. The number of nitrogens with zero attached hydrogens (tertiary/aromatic N) is 3. The monoisotopic (exact) mass is 261 g/mol. The number of rotatable bonds is 3. The SMILES string of the molecule is CCn1nc(C)cc1-c1cnc(C2CCOCC2)o1. The average Bonchev–Trinajstić information content (AvgIpc) is 3.05. The van der Waals surface area contributed by atoms with Crippen LogP contribution < -0.4 is 0 Å². The van der Waals surface area contributed by atoms with Gasteiger partial charge in [0.05, 0.1) is 11.9 Å². The Morgan fingerprint density at radius 1 is 1.37 bits per heavy atom. The van der Waals surface area contributed by atoms with E-state index < -0.39 is 0 Å². The minimum atomic E-state index is 0.390. The topological polar surface area (TPSA) is 53.1 Å². The molecule has 0 amide bonds. The molecule has 0 bridgehead atoms. The molecule has 0 saturated carbocycles. The molecular formula is C14H19N3O2. The molecule has 1 aliphatic heterocycles. The van der Waals surface area contributed by atoms with Crippen LogP contribution in [0.15, 0.2) is 16.7 Å². The number of hydrogen-bond donors (Lipinski definition) is 0. The Bertz CT molecular complexity index is 553. The third-order valence-corrected chi connectivity index (χ3v) is 3.55. The Hall–Kier alpha value is -1.62. The van der Waals surface area contributed by atoms with Crippen LogP contribution in [0.5, 0.6) is 0 Å². The summed E-state index contributed by atoms with van der Waals surface area (Å²) in [5.41, 5.74) is 2.01. The van der Waals surface area contributed by atoms with Crippen molar-refractivity contribution in [3.8, 4) is 11.5 Å². The van der Waals surface area contributed by atoms with E-state index in [-0.39, 0.29) is 0 Å². The van der Waals surface area contributed by atoms with Gasteiger partial charge in [-0.1, -0.05) is 0 Å². The van der Waals surface area contributed by atoms with E-state index in [0.29, 0.717) is 5.92 Å². The molecule has 102 valence electrons. The van der Waals surface area contributed by atoms with Crippen molar-refractivity contribution in [1.82, 2.24) is 14.8 Å². The van der Waals surface area contributed by atoms with E-state index in [2.05, 4.69) is 17.0 Å². The van der Waals surface area contributed by atoms with Gasteiger partial charge in [0.15, 0.2) is 11.7 Å². The summed E-state index contributed by atoms with van der Waals surface area (Å²) in [4.78, 5) is 4.44. The van der Waals surface area contributed by atoms with E-state index in [9.17, 15) is 0 Å². The molecule has 3 rings (SSSR count). The molecule has 0 aliphatic carbocycles. The molecule has 0 aromatic carbocycles. The van der Waals surface area contributed by atoms with Crippen LogP contribution in [0, 0.1) is 6.92 Å². The van der Waals surface area contributed by atoms with Crippen molar-refractivity contribution in [2.75, 3.05) is 13.2 Å². The minimum absolute atomic E-state index is 0.390. The number of hydrogen-bond acceptors (Lipinski definition) is 4. The summed E-state index contributed by atoms with van der Waals surface area (Å²) < 4.78 is 13.3. The summed E-state index contributed by atoms with van der Waals surface area (Å²) in [7, 11) is 0. The largest absolute Gasteiger partial charge is 0.439 e. The number of aryl methyl sites for hydroxylation is 2. The van der Waals surface area contributed by atoms with E-state index in [1.807, 2.05) is 23.9 Å². The minimum Gasteiger partial charge on any atom is -0.439 e. The molecule has 1 fully saturated rings. The van der Waals surface area contributed by atoms with Crippen LogP contribution >= 0.6 is 0 Å². The standard InChI is InChI=1S/C14H19N3O2/c1-3-17-12(8-10(2)16-17)13-9-15-14(19-13)11-4-6-18-7-5-11/h8-9,11H,3-7H2,1-2H3. The van der Waals surface area contributed by atoms with Crippen molar-refractivity contribution in [2.24, 2.45) is 0 Å². The van der Waals surface area contributed by atoms with E-state index in [1.165, 1.54) is 0 Å². The van der Waals surface area contributed by atoms with Gasteiger partial charge in [0.1, 0.15) is 5.69 Å². The summed E-state index contributed by atoms with van der Waals surface area (Å²) in [5, 5.41) is 4.44. The molecule has 0 radical (unpaired) electrons. The maximum atomic E-state index is 5.94. The molecule has 0 unspecified atom stereocenters. The van der Waals surface area contributed by atoms with E-state index in [1.54, 1.807) is 0 Å². The number of ether oxygens (including phenoxy) is 1. The molecular weight excluding hydrogens is 242 g/mol. The second kappa shape index (κ2) is 5.17. The summed E-state index contributed by atoms with van der Waals surface area (Å²) in [6, 6.07) is 2.04. The Kier molecular flexibility index (Phi) is 3.38. The second-order valence-electron chi connectivity index (χ2n) is 4.94. The molecule has 1 aliphatic rings. The Morgan fingerprint density at radius 2 is 2.16 bits per heavy atom. The van der Waals surface area contributed by atoms with Crippen molar-refractivity contribution in [2.45, 2.75) is 39.2 Å². The van der Waals surface area contributed by atoms with Crippen LogP contribution in [0.25, 0.3) is 11.5 Å². The fourth-order valence-electron chi connectivity index (χ4n) is 2.52. The highest BCUT2D eigenvalue weighted by Gasteiger charge is 2.22. The van der Waals surface area contributed by atoms with Gasteiger partial charge in [0.25, 0.3) is 0 Å². The Balaban J connectivity index is 1.87. The average molecular weight is 261 g/mol. The molecule has 5 nitrogen and oxygen atoms in total. The van der Waals surface area contributed by atoms with Gasteiger partial charge >= 0.3 is 0 Å². The fourth-order valence-corrected chi connectivity index (χ4v) is 2.52. The first-order chi connectivity index (χ1) is 9.28. The summed E-state index contributed by atoms with van der Waals surface area (Å²) >= 11 is 0. The highest BCUT2D eigenvalue weighted by atomic mass is 16.5. The van der Waals surface area contributed by atoms with Gasteiger partial charge in [0, 0.05) is 25.7 Å². The molecule has 1 saturated heterocycles. The van der Waals surface area contributed by atoms with Gasteiger partial charge in [-0.2, -0.15) is 5.10 Å². The zero-order valence-corrected chi connectivity index (χ0v) is 11.4. The van der Waals surface area contributed by atoms with E-state index in [4.69, 9.17) is 9.15 Å². The van der Waals surface area contributed by atoms with Crippen molar-refractivity contribution < 1.29 is 9.15 Å². The van der Waals surface area contributed by atoms with Crippen LogP contribution in [-0.4, -0.2) is 28.0 Å². The predicted octanol–water partition coefficient (Wildman–Crippen LogP) is 2.76. The first-order valence-electron chi connectivity index (χ1n) is 6.86. The molecule has 0 atom stereocenters. The zero-order valence-electron chi connectivity index (χ0n) is 11.4. The predicted molar refractivity (Wildman–Crippen MR) is 70.9 cm³/mol. The normalized spacial score (nSPS) is 16.9. The van der Waals surface area contributed by atoms with Gasteiger partial charge in [-0.25, -0.2) is 4.98 Å². The first kappa shape index (κ1) is 12.4. The lowest BCUT2D eigenvalue weighted by atomic mass is 10.0. The van der Waals surface area contributed by atoms with Crippen LogP contribution in [0.4, 0.5) is 0 Å². The van der Waals surface area contributed by atoms with Gasteiger partial charge in [0.2, 0.25) is 0 Å². The molecule has 19 heavy (non-hydrogen) atoms. The molecule has 0 N–H and O–H groups in total. The summed E-state index contributed by atoms with van der Waals surface area (Å²) in [6.45, 7) is 6.50. The van der Waals surface area contributed by atoms with Crippen molar-refractivity contribution >= 4 is 0 Å². The van der Waals surface area contributed by atoms with Crippen LogP contribution in [0.1, 0.15) is 37.3 Å². The molecule has 2 aromatic rings. The number of oxazole rings is 1. The zero-order chi connectivity index (χ0) is 13.2. The lowest BCUT2D eigenvalue weighted by Crippen LogP contribution is -2.14. The Labute approximate surface area is 112 Å². The summed E-state index contributed by atoms with van der Waals surface area (Å²) in [6.07, 6.45) is 3.80. The molecule has 3 heterocycles. The maximum absolute atomic E-state index is 5.94. The highest BCUT2D eigenvalue weighted by molar-refractivity contribution is 5.52. The Morgan fingerprint density at radius 3 is 2.89 bits per heavy atom. The van der Waals surface area contributed by atoms with Gasteiger partial charge in [-0.05, 0) is 32.8 Å². The first-order valence-corrected chi connectivity index (χ1v) is 6.86. The lowest BCUT2D eigenvalue weighted by Gasteiger charge is -2.18. The van der Waals surface area contributed by atoms with E-state index >= 15 is 0 Å². The second-order valence-corrected chi connectivity index (χ2v) is 4.94. The molecule has 5 heteroatoms. The number of aromatic nitrogens is 3. The molecule has 2 aromatic heterocycles. The van der Waals surface area contributed by atoms with Gasteiger partial charge < -0.3 is 9.15 Å². The third-order valence-electron chi connectivity index (χ3n) is 3.55. The summed E-state index contributed by atoms with van der Waals surface area (Å²) in [5.74, 6) is 2.03. The highest BCUT2D eigenvalue weighted by Crippen LogP contribution is 2.29. The van der Waals surface area contributed by atoms with Crippen molar-refractivity contribution in [3.63, 3.8) is 0 Å². The fraction of sp³-hybridized carbons (Fsp3) is 0.571. The van der Waals surface area contributed by atoms with Crippen LogP contribution in [-0.2, 0) is 11.3 Å². The van der Waals surface area contributed by atoms with E-state index in [0.717, 1.165) is 55.6 Å². The van der Waals surface area contributed by atoms with Crippen molar-refractivity contribution in [1.29, 1.82) is 0 Å². The van der Waals surface area contributed by atoms with Crippen LogP contribution in [0.3, 0.4) is 0 Å². The van der Waals surface area contributed by atoms with Crippen LogP contribution in [0.2, 0.25) is 0 Å². The smallest absolute Gasteiger partial charge is 0.198 e. The van der Waals surface area contributed by atoms with Gasteiger partial charge in [-0.15, -0.1) is 0 Å². The van der Waals surface area contributed by atoms with Crippen molar-refractivity contribution in [3.05, 3.63) is 23.8 Å².